The first-order chi connectivity index (χ1) is 17.9. The number of methoxy groups -OCH3 is 1. The van der Waals surface area contributed by atoms with E-state index < -0.39 is 41.2 Å². The molecule has 0 unspecified atom stereocenters. The van der Waals surface area contributed by atoms with Crippen molar-refractivity contribution in [2.75, 3.05) is 7.11 Å². The summed E-state index contributed by atoms with van der Waals surface area (Å²) in [6, 6.07) is 11.2. The fourth-order valence-electron chi connectivity index (χ4n) is 3.47. The minimum absolute atomic E-state index is 0.0196. The maximum atomic E-state index is 12.0. The lowest BCUT2D eigenvalue weighted by Crippen LogP contribution is -2.43. The van der Waals surface area contributed by atoms with Crippen LogP contribution in [-0.4, -0.2) is 49.8 Å². The number of nitro benzene ring substituents is 3. The number of rotatable bonds is 8. The Balaban J connectivity index is 2.08. The molecule has 1 aromatic heterocycles. The van der Waals surface area contributed by atoms with Crippen LogP contribution in [0.25, 0.3) is 22.8 Å². The first-order valence-electron chi connectivity index (χ1n) is 10.1. The molecule has 1 heterocycles. The molecule has 3 aromatic carbocycles. The van der Waals surface area contributed by atoms with Gasteiger partial charge >= 0.3 is 11.5 Å². The van der Waals surface area contributed by atoms with E-state index in [9.17, 15) is 43.3 Å². The van der Waals surface area contributed by atoms with Crippen molar-refractivity contribution in [2.24, 2.45) is 0 Å². The van der Waals surface area contributed by atoms with Gasteiger partial charge in [0.1, 0.15) is 4.90 Å². The van der Waals surface area contributed by atoms with Crippen molar-refractivity contribution in [3.05, 3.63) is 91.0 Å². The number of non-ortho nitro benzene ring substituents is 2. The van der Waals surface area contributed by atoms with E-state index in [2.05, 4.69) is 10.2 Å². The Morgan fingerprint density at radius 1 is 0.921 bits per heavy atom. The number of benzene rings is 3. The van der Waals surface area contributed by atoms with Crippen molar-refractivity contribution in [1.29, 1.82) is 0 Å². The molecule has 4 aromatic rings. The average molecular weight is 544 g/mol. The first-order valence-corrected chi connectivity index (χ1v) is 11.6. The van der Waals surface area contributed by atoms with Gasteiger partial charge in [0.2, 0.25) is 0 Å². The van der Waals surface area contributed by atoms with Gasteiger partial charge in [-0.25, -0.2) is 0 Å². The topological polar surface area (TPSA) is 228 Å². The molecule has 0 aliphatic heterocycles. The highest BCUT2D eigenvalue weighted by molar-refractivity contribution is 7.86. The van der Waals surface area contributed by atoms with E-state index >= 15 is 0 Å². The molecular formula is C20H14N7O10S+. The van der Waals surface area contributed by atoms with E-state index in [4.69, 9.17) is 4.74 Å². The third-order valence-electron chi connectivity index (χ3n) is 5.14. The van der Waals surface area contributed by atoms with E-state index in [0.717, 1.165) is 39.9 Å². The molecule has 0 aliphatic carbocycles. The average Bonchev–Trinajstić information content (AvgIpc) is 3.32. The van der Waals surface area contributed by atoms with E-state index in [-0.39, 0.29) is 34.2 Å². The van der Waals surface area contributed by atoms with Crippen LogP contribution in [0.4, 0.5) is 17.1 Å². The Morgan fingerprint density at radius 3 is 2.16 bits per heavy atom. The summed E-state index contributed by atoms with van der Waals surface area (Å²) < 4.78 is 38.8. The standard InChI is InChI=1S/C20H13N7O10S/c1-37-18-11-13(26(30)31)7-9-16(18)24-22-20(14-4-2-3-5-19(14)38(34,35)36)21-23(24)15-8-6-12(25(28)29)10-17(15)27(32)33/h2-11H,1H3/p+1. The zero-order valence-corrected chi connectivity index (χ0v) is 19.8. The highest BCUT2D eigenvalue weighted by Crippen LogP contribution is 2.30. The molecular weight excluding hydrogens is 530 g/mol. The van der Waals surface area contributed by atoms with Crippen LogP contribution in [0.5, 0.6) is 5.75 Å². The molecule has 18 heteroatoms. The molecule has 0 radical (unpaired) electrons. The number of hydrogen-bond acceptors (Lipinski definition) is 11. The van der Waals surface area contributed by atoms with E-state index in [0.29, 0.717) is 6.07 Å². The maximum absolute atomic E-state index is 12.0. The van der Waals surface area contributed by atoms with Gasteiger partial charge in [-0.05, 0) is 28.1 Å². The molecule has 0 aliphatic rings. The Labute approximate surface area is 211 Å². The molecule has 0 bridgehead atoms. The third-order valence-corrected chi connectivity index (χ3v) is 6.05. The van der Waals surface area contributed by atoms with Gasteiger partial charge in [0.25, 0.3) is 27.2 Å². The number of ether oxygens (including phenoxy) is 1. The monoisotopic (exact) mass is 544 g/mol. The summed E-state index contributed by atoms with van der Waals surface area (Å²) in [6.45, 7) is 0. The Kier molecular flexibility index (Phi) is 6.50. The molecule has 38 heavy (non-hydrogen) atoms. The molecule has 17 nitrogen and oxygen atoms in total. The third kappa shape index (κ3) is 4.70. The first kappa shape index (κ1) is 25.7. The van der Waals surface area contributed by atoms with Crippen LogP contribution in [0.3, 0.4) is 0 Å². The van der Waals surface area contributed by atoms with E-state index in [1.165, 1.54) is 31.4 Å². The highest BCUT2D eigenvalue weighted by atomic mass is 32.2. The van der Waals surface area contributed by atoms with Gasteiger partial charge in [0.05, 0.1) is 44.7 Å². The minimum Gasteiger partial charge on any atom is -0.494 e. The van der Waals surface area contributed by atoms with Crippen molar-refractivity contribution in [3.63, 3.8) is 0 Å². The number of aromatic nitrogens is 4. The number of nitrogens with zero attached hydrogens (tertiary/aromatic N) is 7. The van der Waals surface area contributed by atoms with Crippen LogP contribution in [0.15, 0.2) is 65.6 Å². The summed E-state index contributed by atoms with van der Waals surface area (Å²) in [5, 5.41) is 42.7. The summed E-state index contributed by atoms with van der Waals surface area (Å²) in [4.78, 5) is 33.0. The number of tetrazole rings is 1. The van der Waals surface area contributed by atoms with Crippen molar-refractivity contribution in [2.45, 2.75) is 4.90 Å². The predicted molar refractivity (Wildman–Crippen MR) is 125 cm³/mol. The SMILES string of the molecule is COc1cc([N+](=O)[O-])ccc1-n1nc(-c2ccccc2S(=O)(=O)O)n[n+]1-c1ccc([N+](=O)[O-])cc1[N+](=O)[O-]. The lowest BCUT2D eigenvalue weighted by molar-refractivity contribution is -0.736. The summed E-state index contributed by atoms with van der Waals surface area (Å²) in [5.74, 6) is -0.455. The second-order valence-corrected chi connectivity index (χ2v) is 8.76. The second kappa shape index (κ2) is 9.59. The summed E-state index contributed by atoms with van der Waals surface area (Å²) in [6.07, 6.45) is 0. The molecule has 4 rings (SSSR count). The summed E-state index contributed by atoms with van der Waals surface area (Å²) in [7, 11) is -3.56. The maximum Gasteiger partial charge on any atom is 0.341 e. The number of hydrogen-bond donors (Lipinski definition) is 1. The van der Waals surface area contributed by atoms with Crippen LogP contribution in [0, 0.1) is 30.3 Å². The van der Waals surface area contributed by atoms with Gasteiger partial charge in [-0.3, -0.25) is 34.9 Å². The van der Waals surface area contributed by atoms with Gasteiger partial charge in [0.15, 0.2) is 11.4 Å². The molecule has 0 amide bonds. The van der Waals surface area contributed by atoms with Gasteiger partial charge in [0, 0.05) is 23.0 Å². The quantitative estimate of drug-likeness (QED) is 0.146. The highest BCUT2D eigenvalue weighted by Gasteiger charge is 2.34. The van der Waals surface area contributed by atoms with Gasteiger partial charge in [-0.2, -0.15) is 8.42 Å². The van der Waals surface area contributed by atoms with Crippen LogP contribution in [0.1, 0.15) is 0 Å². The van der Waals surface area contributed by atoms with Crippen LogP contribution < -0.4 is 9.53 Å². The molecule has 1 N–H and O–H groups in total. The van der Waals surface area contributed by atoms with E-state index in [1.807, 2.05) is 0 Å². The lowest BCUT2D eigenvalue weighted by atomic mass is 10.2. The van der Waals surface area contributed by atoms with Gasteiger partial charge in [-0.15, -0.1) is 0 Å². The van der Waals surface area contributed by atoms with Crippen molar-refractivity contribution in [3.8, 4) is 28.5 Å². The summed E-state index contributed by atoms with van der Waals surface area (Å²) in [5.41, 5.74) is -2.23. The molecule has 0 fully saturated rings. The lowest BCUT2D eigenvalue weighted by Gasteiger charge is -2.06. The largest absolute Gasteiger partial charge is 0.494 e. The van der Waals surface area contributed by atoms with Crippen LogP contribution >= 0.6 is 0 Å². The molecule has 0 spiro atoms. The smallest absolute Gasteiger partial charge is 0.341 e. The normalized spacial score (nSPS) is 11.2. The summed E-state index contributed by atoms with van der Waals surface area (Å²) >= 11 is 0. The van der Waals surface area contributed by atoms with Gasteiger partial charge in [-0.1, -0.05) is 12.1 Å². The Bertz CT molecular complexity index is 1740. The fraction of sp³-hybridized carbons (Fsp3) is 0.0500. The zero-order chi connectivity index (χ0) is 27.8. The zero-order valence-electron chi connectivity index (χ0n) is 18.9. The predicted octanol–water partition coefficient (Wildman–Crippen LogP) is 2.19. The number of nitro groups is 3. The molecule has 0 atom stereocenters. The second-order valence-electron chi connectivity index (χ2n) is 7.37. The Morgan fingerprint density at radius 2 is 1.55 bits per heavy atom. The minimum atomic E-state index is -4.76. The van der Waals surface area contributed by atoms with E-state index in [1.54, 1.807) is 0 Å². The molecule has 194 valence electrons. The van der Waals surface area contributed by atoms with Crippen molar-refractivity contribution in [1.82, 2.24) is 15.0 Å². The van der Waals surface area contributed by atoms with Crippen LogP contribution in [-0.2, 0) is 10.1 Å². The van der Waals surface area contributed by atoms with Crippen LogP contribution in [0.2, 0.25) is 0 Å². The van der Waals surface area contributed by atoms with Crippen molar-refractivity contribution < 1.29 is 37.3 Å². The van der Waals surface area contributed by atoms with Crippen molar-refractivity contribution >= 4 is 27.2 Å². The Hall–Kier alpha value is -5.36. The fourth-order valence-corrected chi connectivity index (χ4v) is 4.15. The van der Waals surface area contributed by atoms with Gasteiger partial charge < -0.3 is 4.74 Å². The molecule has 0 saturated carbocycles. The molecule has 0 saturated heterocycles.